The van der Waals surface area contributed by atoms with Gasteiger partial charge in [-0.3, -0.25) is 14.3 Å². The number of para-hydroxylation sites is 1. The summed E-state index contributed by atoms with van der Waals surface area (Å²) in [5.74, 6) is -0.491. The van der Waals surface area contributed by atoms with Crippen LogP contribution in [0.25, 0.3) is 0 Å². The number of nitrogens with one attached hydrogen (secondary N) is 2. The van der Waals surface area contributed by atoms with Crippen molar-refractivity contribution in [3.63, 3.8) is 0 Å². The molecular formula is C12H16N2O5S. The lowest BCUT2D eigenvalue weighted by Crippen LogP contribution is -2.35. The third-order valence-corrected chi connectivity index (χ3v) is 2.69. The molecule has 2 N–H and O–H groups in total. The van der Waals surface area contributed by atoms with Gasteiger partial charge in [0.15, 0.2) is 6.61 Å². The highest BCUT2D eigenvalue weighted by atomic mass is 32.2. The van der Waals surface area contributed by atoms with Gasteiger partial charge in [-0.1, -0.05) is 18.2 Å². The van der Waals surface area contributed by atoms with Crippen LogP contribution in [-0.2, 0) is 19.6 Å². The fourth-order valence-electron chi connectivity index (χ4n) is 1.29. The summed E-state index contributed by atoms with van der Waals surface area (Å²) in [5.41, 5.74) is 0. The molecule has 0 aliphatic heterocycles. The van der Waals surface area contributed by atoms with E-state index in [2.05, 4.69) is 5.32 Å². The summed E-state index contributed by atoms with van der Waals surface area (Å²) in [7, 11) is -3.56. The van der Waals surface area contributed by atoms with E-state index >= 15 is 0 Å². The molecular weight excluding hydrogens is 284 g/mol. The molecule has 20 heavy (non-hydrogen) atoms. The van der Waals surface area contributed by atoms with Crippen LogP contribution < -0.4 is 14.8 Å². The third-order valence-electron chi connectivity index (χ3n) is 2.09. The van der Waals surface area contributed by atoms with Gasteiger partial charge >= 0.3 is 0 Å². The normalized spacial score (nSPS) is 10.7. The lowest BCUT2D eigenvalue weighted by atomic mass is 10.3. The van der Waals surface area contributed by atoms with Crippen LogP contribution in [-0.4, -0.2) is 39.6 Å². The monoisotopic (exact) mass is 300 g/mol. The minimum absolute atomic E-state index is 0.0400. The second-order valence-corrected chi connectivity index (χ2v) is 5.75. The van der Waals surface area contributed by atoms with E-state index in [1.807, 2.05) is 6.07 Å². The highest BCUT2D eigenvalue weighted by Gasteiger charge is 2.09. The summed E-state index contributed by atoms with van der Waals surface area (Å²) in [4.78, 5) is 22.5. The maximum Gasteiger partial charge on any atom is 0.257 e. The van der Waals surface area contributed by atoms with Gasteiger partial charge in [-0.05, 0) is 12.1 Å². The largest absolute Gasteiger partial charge is 0.484 e. The molecule has 0 bridgehead atoms. The van der Waals surface area contributed by atoms with Crippen molar-refractivity contribution in [1.29, 1.82) is 0 Å². The summed E-state index contributed by atoms with van der Waals surface area (Å²) < 4.78 is 28.5. The highest BCUT2D eigenvalue weighted by molar-refractivity contribution is 7.89. The van der Waals surface area contributed by atoms with Crippen molar-refractivity contribution in [2.45, 2.75) is 6.42 Å². The summed E-state index contributed by atoms with van der Waals surface area (Å²) in [6, 6.07) is 8.82. The Balaban J connectivity index is 2.19. The first-order chi connectivity index (χ1) is 9.37. The maximum absolute atomic E-state index is 11.4. The Morgan fingerprint density at radius 2 is 1.80 bits per heavy atom. The molecule has 110 valence electrons. The van der Waals surface area contributed by atoms with Crippen LogP contribution in [0.4, 0.5) is 0 Å². The van der Waals surface area contributed by atoms with Gasteiger partial charge in [0.05, 0.1) is 6.26 Å². The minimum atomic E-state index is -3.56. The number of carbonyl (C=O) groups is 2. The van der Waals surface area contributed by atoms with Crippen molar-refractivity contribution < 1.29 is 22.7 Å². The molecule has 0 unspecified atom stereocenters. The minimum Gasteiger partial charge on any atom is -0.484 e. The molecule has 0 radical (unpaired) electrons. The van der Waals surface area contributed by atoms with E-state index in [4.69, 9.17) is 4.74 Å². The zero-order chi connectivity index (χ0) is 15.0. The molecule has 8 heteroatoms. The van der Waals surface area contributed by atoms with Crippen LogP contribution in [0.1, 0.15) is 6.42 Å². The number of hydrogen-bond acceptors (Lipinski definition) is 5. The predicted octanol–water partition coefficient (Wildman–Crippen LogP) is -0.352. The fraction of sp³-hybridized carbons (Fsp3) is 0.333. The van der Waals surface area contributed by atoms with Gasteiger partial charge in [0.25, 0.3) is 5.91 Å². The second-order valence-electron chi connectivity index (χ2n) is 4.00. The topological polar surface area (TPSA) is 102 Å². The number of sulfonamides is 1. The van der Waals surface area contributed by atoms with Gasteiger partial charge in [-0.15, -0.1) is 0 Å². The molecule has 0 aliphatic carbocycles. The van der Waals surface area contributed by atoms with Crippen LogP contribution in [0.5, 0.6) is 5.75 Å². The predicted molar refractivity (Wildman–Crippen MR) is 72.6 cm³/mol. The second kappa shape index (κ2) is 7.49. The van der Waals surface area contributed by atoms with Gasteiger partial charge in [-0.2, -0.15) is 0 Å². The van der Waals surface area contributed by atoms with Gasteiger partial charge in [0.2, 0.25) is 15.9 Å². The molecule has 0 saturated carbocycles. The van der Waals surface area contributed by atoms with E-state index < -0.39 is 15.9 Å². The van der Waals surface area contributed by atoms with Gasteiger partial charge in [0.1, 0.15) is 5.75 Å². The average molecular weight is 300 g/mol. The Labute approximate surface area is 117 Å². The summed E-state index contributed by atoms with van der Waals surface area (Å²) in [6.45, 7) is -0.129. The van der Waals surface area contributed by atoms with E-state index in [0.717, 1.165) is 6.26 Å². The SMILES string of the molecule is CS(=O)(=O)NC(=O)CCNC(=O)COc1ccccc1. The molecule has 0 fully saturated rings. The van der Waals surface area contributed by atoms with Gasteiger partial charge in [0, 0.05) is 13.0 Å². The number of benzene rings is 1. The number of carbonyl (C=O) groups excluding carboxylic acids is 2. The van der Waals surface area contributed by atoms with Crippen LogP contribution in [0.3, 0.4) is 0 Å². The molecule has 0 aromatic heterocycles. The average Bonchev–Trinajstić information content (AvgIpc) is 2.35. The maximum atomic E-state index is 11.4. The molecule has 0 aliphatic rings. The van der Waals surface area contributed by atoms with E-state index in [1.165, 1.54) is 0 Å². The Morgan fingerprint density at radius 3 is 2.40 bits per heavy atom. The zero-order valence-corrected chi connectivity index (χ0v) is 11.8. The summed E-state index contributed by atoms with van der Waals surface area (Å²) in [6.07, 6.45) is 0.765. The van der Waals surface area contributed by atoms with Crippen LogP contribution in [0, 0.1) is 0 Å². The van der Waals surface area contributed by atoms with Crippen molar-refractivity contribution in [2.24, 2.45) is 0 Å². The summed E-state index contributed by atoms with van der Waals surface area (Å²) >= 11 is 0. The van der Waals surface area contributed by atoms with Crippen LogP contribution >= 0.6 is 0 Å². The molecule has 1 aromatic rings. The van der Waals surface area contributed by atoms with Crippen molar-refractivity contribution in [3.8, 4) is 5.75 Å². The lowest BCUT2D eigenvalue weighted by Gasteiger charge is -2.07. The Morgan fingerprint density at radius 1 is 1.15 bits per heavy atom. The molecule has 0 atom stereocenters. The van der Waals surface area contributed by atoms with Crippen molar-refractivity contribution in [2.75, 3.05) is 19.4 Å². The highest BCUT2D eigenvalue weighted by Crippen LogP contribution is 2.07. The Hall–Kier alpha value is -2.09. The van der Waals surface area contributed by atoms with Crippen molar-refractivity contribution in [3.05, 3.63) is 30.3 Å². The molecule has 0 spiro atoms. The summed E-state index contributed by atoms with van der Waals surface area (Å²) in [5, 5.41) is 2.45. The molecule has 0 heterocycles. The van der Waals surface area contributed by atoms with Gasteiger partial charge < -0.3 is 10.1 Å². The zero-order valence-electron chi connectivity index (χ0n) is 11.0. The first-order valence-corrected chi connectivity index (χ1v) is 7.71. The Kier molecular flexibility index (Phi) is 5.98. The molecule has 2 amide bonds. The standard InChI is InChI=1S/C12H16N2O5S/c1-20(17,18)14-11(15)7-8-13-12(16)9-19-10-5-3-2-4-6-10/h2-6H,7-9H2,1H3,(H,13,16)(H,14,15). The number of rotatable bonds is 7. The molecule has 0 saturated heterocycles. The number of amides is 2. The van der Waals surface area contributed by atoms with Gasteiger partial charge in [-0.25, -0.2) is 8.42 Å². The van der Waals surface area contributed by atoms with Crippen LogP contribution in [0.2, 0.25) is 0 Å². The molecule has 1 rings (SSSR count). The third kappa shape index (κ3) is 7.37. The first-order valence-electron chi connectivity index (χ1n) is 5.82. The molecule has 7 nitrogen and oxygen atoms in total. The van der Waals surface area contributed by atoms with Crippen molar-refractivity contribution in [1.82, 2.24) is 10.0 Å². The number of ether oxygens (including phenoxy) is 1. The van der Waals surface area contributed by atoms with E-state index in [9.17, 15) is 18.0 Å². The number of hydrogen-bond donors (Lipinski definition) is 2. The lowest BCUT2D eigenvalue weighted by molar-refractivity contribution is -0.123. The smallest absolute Gasteiger partial charge is 0.257 e. The van der Waals surface area contributed by atoms with E-state index in [-0.39, 0.29) is 25.5 Å². The van der Waals surface area contributed by atoms with Crippen LogP contribution in [0.15, 0.2) is 30.3 Å². The van der Waals surface area contributed by atoms with Crippen molar-refractivity contribution >= 4 is 21.8 Å². The van der Waals surface area contributed by atoms with E-state index in [0.29, 0.717) is 5.75 Å². The molecule has 1 aromatic carbocycles. The first kappa shape index (κ1) is 16.0. The van der Waals surface area contributed by atoms with E-state index in [1.54, 1.807) is 29.0 Å². The quantitative estimate of drug-likeness (QED) is 0.716. The Bertz CT molecular complexity index is 556. The fourth-order valence-corrected chi connectivity index (χ4v) is 1.81.